The van der Waals surface area contributed by atoms with Gasteiger partial charge in [-0.25, -0.2) is 4.79 Å². The van der Waals surface area contributed by atoms with E-state index in [1.165, 1.54) is 12.1 Å². The normalized spacial score (nSPS) is 10.3. The third-order valence-electron chi connectivity index (χ3n) is 2.27. The van der Waals surface area contributed by atoms with Gasteiger partial charge in [0.15, 0.2) is 0 Å². The minimum atomic E-state index is -1.13. The summed E-state index contributed by atoms with van der Waals surface area (Å²) in [5, 5.41) is 23.1. The summed E-state index contributed by atoms with van der Waals surface area (Å²) in [5.41, 5.74) is 1.01. The Balaban J connectivity index is 2.55. The first-order valence-electron chi connectivity index (χ1n) is 4.89. The first-order chi connectivity index (χ1) is 8.49. The summed E-state index contributed by atoms with van der Waals surface area (Å²) in [5.74, 6) is -1.71. The van der Waals surface area contributed by atoms with E-state index in [0.717, 1.165) is 16.6 Å². The highest BCUT2D eigenvalue weighted by Crippen LogP contribution is 2.16. The van der Waals surface area contributed by atoms with Crippen LogP contribution in [0.3, 0.4) is 0 Å². The predicted octanol–water partition coefficient (Wildman–Crippen LogP) is 1.18. The van der Waals surface area contributed by atoms with Gasteiger partial charge in [-0.1, -0.05) is 16.6 Å². The van der Waals surface area contributed by atoms with E-state index in [2.05, 4.69) is 10.1 Å². The first kappa shape index (κ1) is 11.7. The van der Waals surface area contributed by atoms with Gasteiger partial charge in [0.1, 0.15) is 0 Å². The molecule has 2 rings (SSSR count). The van der Waals surface area contributed by atoms with Crippen LogP contribution in [0, 0.1) is 17.0 Å². The maximum Gasteiger partial charge on any atom is 0.491 e. The van der Waals surface area contributed by atoms with Crippen LogP contribution in [0.1, 0.15) is 15.9 Å². The van der Waals surface area contributed by atoms with Gasteiger partial charge in [-0.15, -0.1) is 4.68 Å². The lowest BCUT2D eigenvalue weighted by atomic mass is 10.1. The van der Waals surface area contributed by atoms with Crippen molar-refractivity contribution >= 4 is 11.9 Å². The van der Waals surface area contributed by atoms with Gasteiger partial charge < -0.3 is 15.2 Å². The molecule has 0 amide bonds. The molecule has 8 nitrogen and oxygen atoms in total. The minimum absolute atomic E-state index is 0.00907. The average Bonchev–Trinajstić information content (AvgIpc) is 2.78. The zero-order valence-electron chi connectivity index (χ0n) is 9.27. The molecule has 0 bridgehead atoms. The molecule has 0 aliphatic rings. The number of benzene rings is 1. The van der Waals surface area contributed by atoms with Gasteiger partial charge in [0.25, 0.3) is 0 Å². The van der Waals surface area contributed by atoms with E-state index in [1.54, 1.807) is 13.0 Å². The van der Waals surface area contributed by atoms with E-state index in [1.807, 2.05) is 0 Å². The second kappa shape index (κ2) is 4.24. The highest BCUT2D eigenvalue weighted by molar-refractivity contribution is 5.92. The Morgan fingerprint density at radius 3 is 2.78 bits per heavy atom. The van der Waals surface area contributed by atoms with E-state index < -0.39 is 16.8 Å². The van der Waals surface area contributed by atoms with Crippen molar-refractivity contribution in [3.8, 4) is 5.69 Å². The zero-order chi connectivity index (χ0) is 13.3. The number of hydrogen-bond donors (Lipinski definition) is 1. The molecule has 2 aromatic rings. The maximum atomic E-state index is 11.1. The molecule has 0 unspecified atom stereocenters. The fourth-order valence-electron chi connectivity index (χ4n) is 1.48. The third-order valence-corrected chi connectivity index (χ3v) is 2.27. The van der Waals surface area contributed by atoms with Crippen LogP contribution < -0.4 is 0 Å². The fraction of sp³-hybridized carbons (Fsp3) is 0.100. The maximum absolute atomic E-state index is 11.1. The first-order valence-corrected chi connectivity index (χ1v) is 4.89. The minimum Gasteiger partial charge on any atom is -0.478 e. The van der Waals surface area contributed by atoms with Gasteiger partial charge in [-0.05, 0) is 24.0 Å². The Hall–Kier alpha value is -2.77. The molecule has 0 saturated carbocycles. The summed E-state index contributed by atoms with van der Waals surface area (Å²) >= 11 is 0. The number of carbonyl (C=O) groups is 1. The zero-order valence-corrected chi connectivity index (χ0v) is 9.27. The van der Waals surface area contributed by atoms with Gasteiger partial charge in [-0.2, -0.15) is 0 Å². The summed E-state index contributed by atoms with van der Waals surface area (Å²) in [6.45, 7) is 1.75. The van der Waals surface area contributed by atoms with Crippen LogP contribution in [-0.2, 0) is 0 Å². The van der Waals surface area contributed by atoms with Crippen LogP contribution >= 0.6 is 0 Å². The molecule has 1 heterocycles. The Labute approximate surface area is 101 Å². The fourth-order valence-corrected chi connectivity index (χ4v) is 1.48. The quantitative estimate of drug-likeness (QED) is 0.644. The lowest BCUT2D eigenvalue weighted by molar-refractivity contribution is -0.394. The number of hydrogen-bond acceptors (Lipinski definition) is 5. The van der Waals surface area contributed by atoms with Gasteiger partial charge in [0.2, 0.25) is 6.33 Å². The molecule has 92 valence electrons. The molecule has 0 radical (unpaired) electrons. The topological polar surface area (TPSA) is 111 Å². The van der Waals surface area contributed by atoms with Crippen LogP contribution in [0.25, 0.3) is 5.69 Å². The predicted molar refractivity (Wildman–Crippen MR) is 59.7 cm³/mol. The van der Waals surface area contributed by atoms with Gasteiger partial charge in [0.05, 0.1) is 11.3 Å². The third kappa shape index (κ3) is 2.03. The Bertz CT molecular complexity index is 635. The van der Waals surface area contributed by atoms with Crippen LogP contribution in [-0.4, -0.2) is 30.8 Å². The average molecular weight is 248 g/mol. The second-order valence-electron chi connectivity index (χ2n) is 3.57. The molecule has 0 saturated heterocycles. The van der Waals surface area contributed by atoms with Crippen molar-refractivity contribution < 1.29 is 14.8 Å². The van der Waals surface area contributed by atoms with Crippen LogP contribution in [0.5, 0.6) is 0 Å². The summed E-state index contributed by atoms with van der Waals surface area (Å²) in [6, 6.07) is 4.68. The SMILES string of the molecule is Cc1ccc(-n2cnc([N+](=O)[O-])n2)c(C(=O)O)c1. The number of aromatic carboxylic acids is 1. The number of nitro groups is 1. The van der Waals surface area contributed by atoms with Gasteiger partial charge >= 0.3 is 11.9 Å². The summed E-state index contributed by atoms with van der Waals surface area (Å²) in [4.78, 5) is 24.3. The van der Waals surface area contributed by atoms with E-state index in [-0.39, 0.29) is 11.3 Å². The highest BCUT2D eigenvalue weighted by Gasteiger charge is 2.19. The van der Waals surface area contributed by atoms with E-state index >= 15 is 0 Å². The smallest absolute Gasteiger partial charge is 0.478 e. The lowest BCUT2D eigenvalue weighted by Gasteiger charge is -2.03. The molecule has 8 heteroatoms. The Kier molecular flexibility index (Phi) is 2.76. The van der Waals surface area contributed by atoms with Crippen molar-refractivity contribution in [1.29, 1.82) is 0 Å². The van der Waals surface area contributed by atoms with Crippen molar-refractivity contribution in [2.45, 2.75) is 6.92 Å². The lowest BCUT2D eigenvalue weighted by Crippen LogP contribution is -2.06. The van der Waals surface area contributed by atoms with Crippen LogP contribution in [0.15, 0.2) is 24.5 Å². The highest BCUT2D eigenvalue weighted by atomic mass is 16.6. The number of aryl methyl sites for hydroxylation is 1. The molecule has 0 fully saturated rings. The van der Waals surface area contributed by atoms with Crippen molar-refractivity contribution in [2.75, 3.05) is 0 Å². The van der Waals surface area contributed by atoms with Crippen molar-refractivity contribution in [1.82, 2.24) is 14.8 Å². The van der Waals surface area contributed by atoms with E-state index in [4.69, 9.17) is 5.11 Å². The number of aromatic nitrogens is 3. The molecular weight excluding hydrogens is 240 g/mol. The monoisotopic (exact) mass is 248 g/mol. The largest absolute Gasteiger partial charge is 0.491 e. The standard InChI is InChI=1S/C10H8N4O4/c1-6-2-3-8(7(4-6)9(15)16)13-5-11-10(12-13)14(17)18/h2-5H,1H3,(H,15,16). The molecule has 1 aromatic heterocycles. The van der Waals surface area contributed by atoms with Gasteiger partial charge in [0, 0.05) is 5.10 Å². The molecule has 0 spiro atoms. The van der Waals surface area contributed by atoms with Crippen molar-refractivity contribution in [3.05, 3.63) is 45.8 Å². The Morgan fingerprint density at radius 2 is 2.22 bits per heavy atom. The van der Waals surface area contributed by atoms with E-state index in [9.17, 15) is 14.9 Å². The molecule has 18 heavy (non-hydrogen) atoms. The summed E-state index contributed by atoms with van der Waals surface area (Å²) in [6.07, 6.45) is 1.11. The number of nitrogens with zero attached hydrogens (tertiary/aromatic N) is 4. The molecular formula is C10H8N4O4. The molecule has 0 atom stereocenters. The van der Waals surface area contributed by atoms with E-state index in [0.29, 0.717) is 0 Å². The molecule has 1 aromatic carbocycles. The second-order valence-corrected chi connectivity index (χ2v) is 3.57. The molecule has 0 aliphatic carbocycles. The van der Waals surface area contributed by atoms with Crippen molar-refractivity contribution in [2.24, 2.45) is 0 Å². The van der Waals surface area contributed by atoms with Crippen LogP contribution in [0.2, 0.25) is 0 Å². The van der Waals surface area contributed by atoms with Crippen molar-refractivity contribution in [3.63, 3.8) is 0 Å². The Morgan fingerprint density at radius 1 is 1.50 bits per heavy atom. The number of carboxylic acids is 1. The number of rotatable bonds is 3. The number of carboxylic acid groups (broad SMARTS) is 1. The summed E-state index contributed by atoms with van der Waals surface area (Å²) < 4.78 is 1.07. The van der Waals surface area contributed by atoms with Crippen LogP contribution in [0.4, 0.5) is 5.95 Å². The summed E-state index contributed by atoms with van der Waals surface area (Å²) in [7, 11) is 0. The molecule has 0 aliphatic heterocycles. The molecule has 1 N–H and O–H groups in total. The van der Waals surface area contributed by atoms with Gasteiger partial charge in [-0.3, -0.25) is 0 Å².